The monoisotopic (exact) mass is 831 g/mol. The number of likely N-dealkylation sites (N-methyl/N-ethyl adjacent to an activating group) is 1. The number of hydrogen-bond donors (Lipinski definition) is 1. The Bertz CT molecular complexity index is 1810. The number of Topliss-reactive ketones (excluding diaryl/α,β-unsaturated/α-hetero) is 2. The molecule has 3 aliphatic rings. The van der Waals surface area contributed by atoms with Crippen molar-refractivity contribution in [2.45, 2.75) is 167 Å². The second-order valence-electron chi connectivity index (χ2n) is 17.8. The van der Waals surface area contributed by atoms with Crippen LogP contribution in [0, 0.1) is 17.8 Å². The van der Waals surface area contributed by atoms with Crippen molar-refractivity contribution >= 4 is 34.7 Å². The lowest BCUT2D eigenvalue weighted by molar-refractivity contribution is -0.354. The summed E-state index contributed by atoms with van der Waals surface area (Å²) in [5, 5.41) is 20.8. The third-order valence-corrected chi connectivity index (χ3v) is 13.3. The Labute approximate surface area is 347 Å². The molecule has 0 aliphatic carbocycles. The molecule has 1 aromatic carbocycles. The zero-order valence-corrected chi connectivity index (χ0v) is 36.9. The van der Waals surface area contributed by atoms with Gasteiger partial charge in [0.2, 0.25) is 0 Å². The van der Waals surface area contributed by atoms with Crippen LogP contribution in [0.4, 0.5) is 9.18 Å². The maximum atomic E-state index is 17.0. The number of ether oxygens (including phenoxy) is 5. The van der Waals surface area contributed by atoms with Crippen molar-refractivity contribution in [3.05, 3.63) is 24.3 Å². The maximum absolute atomic E-state index is 17.0. The second-order valence-corrected chi connectivity index (χ2v) is 17.8. The lowest BCUT2D eigenvalue weighted by atomic mass is 9.73. The number of esters is 1. The Kier molecular flexibility index (Phi) is 14.0. The van der Waals surface area contributed by atoms with Gasteiger partial charge in [0.05, 0.1) is 30.4 Å². The van der Waals surface area contributed by atoms with E-state index in [1.165, 1.54) is 18.9 Å². The number of halogens is 1. The van der Waals surface area contributed by atoms with E-state index in [4.69, 9.17) is 23.7 Å². The Hall–Kier alpha value is -3.57. The van der Waals surface area contributed by atoms with Crippen LogP contribution >= 0.6 is 0 Å². The highest BCUT2D eigenvalue weighted by Crippen LogP contribution is 2.45. The van der Waals surface area contributed by atoms with Crippen molar-refractivity contribution in [3.63, 3.8) is 0 Å². The Morgan fingerprint density at radius 2 is 1.58 bits per heavy atom. The SMILES string of the molecule is CC[C@H]1OC(=O)[C@@](C)(F)C(=O)[C@H](C)[C@@H](O[C@]2(C)O[C@H](C)C[C@H](N(C)CC)[C@H]2O)[C@](C)(OC)C[C@@H](C)C(=O)[C@H](C)[C@H]2N(CCCCn3nc4ccccc4n3)C(=O)O[C@]12C. The number of aryl methyl sites for hydroxylation is 1. The minimum atomic E-state index is -3.19. The molecular formula is C43H66FN5O10. The number of aromatic nitrogens is 3. The van der Waals surface area contributed by atoms with Gasteiger partial charge in [0, 0.05) is 37.5 Å². The molecule has 1 N–H and O–H groups in total. The van der Waals surface area contributed by atoms with Gasteiger partial charge in [-0.25, -0.2) is 14.0 Å². The number of methoxy groups -OCH3 is 1. The van der Waals surface area contributed by atoms with Gasteiger partial charge in [0.1, 0.15) is 29.0 Å². The predicted molar refractivity (Wildman–Crippen MR) is 216 cm³/mol. The molecule has 5 rings (SSSR count). The fourth-order valence-corrected chi connectivity index (χ4v) is 9.76. The van der Waals surface area contributed by atoms with Gasteiger partial charge in [0.25, 0.3) is 5.67 Å². The molecule has 13 atom stereocenters. The number of fused-ring (bicyclic) bond motifs is 2. The summed E-state index contributed by atoms with van der Waals surface area (Å²) in [6.07, 6.45) is -3.16. The Morgan fingerprint density at radius 3 is 2.15 bits per heavy atom. The summed E-state index contributed by atoms with van der Waals surface area (Å²) in [6.45, 7) is 17.4. The van der Waals surface area contributed by atoms with Crippen molar-refractivity contribution in [1.29, 1.82) is 0 Å². The second kappa shape index (κ2) is 17.8. The van der Waals surface area contributed by atoms with Crippen LogP contribution < -0.4 is 0 Å². The number of aliphatic hydroxyl groups is 1. The molecule has 0 saturated carbocycles. The quantitative estimate of drug-likeness (QED) is 0.176. The number of benzene rings is 1. The number of carbonyl (C=O) groups is 4. The molecule has 4 heterocycles. The lowest BCUT2D eigenvalue weighted by Gasteiger charge is -2.52. The first-order chi connectivity index (χ1) is 27.6. The summed E-state index contributed by atoms with van der Waals surface area (Å²) in [4.78, 5) is 62.0. The normalized spacial score (nSPS) is 39.0. The van der Waals surface area contributed by atoms with Crippen molar-refractivity contribution in [2.24, 2.45) is 17.8 Å². The number of hydrogen-bond acceptors (Lipinski definition) is 13. The molecule has 2 aromatic rings. The van der Waals surface area contributed by atoms with Gasteiger partial charge in [-0.1, -0.05) is 46.8 Å². The Morgan fingerprint density at radius 1 is 0.966 bits per heavy atom. The van der Waals surface area contributed by atoms with E-state index in [1.54, 1.807) is 46.3 Å². The molecule has 3 fully saturated rings. The molecule has 0 bridgehead atoms. The van der Waals surface area contributed by atoms with Gasteiger partial charge in [-0.05, 0) is 92.4 Å². The predicted octanol–water partition coefficient (Wildman–Crippen LogP) is 5.29. The molecule has 16 heteroatoms. The molecule has 0 radical (unpaired) electrons. The summed E-state index contributed by atoms with van der Waals surface area (Å²) >= 11 is 0. The van der Waals surface area contributed by atoms with Crippen LogP contribution in [0.25, 0.3) is 11.0 Å². The highest BCUT2D eigenvalue weighted by atomic mass is 19.1. The van der Waals surface area contributed by atoms with Gasteiger partial charge < -0.3 is 38.6 Å². The smallest absolute Gasteiger partial charge is 0.410 e. The molecule has 330 valence electrons. The van der Waals surface area contributed by atoms with Gasteiger partial charge in [0.15, 0.2) is 17.2 Å². The maximum Gasteiger partial charge on any atom is 0.410 e. The molecule has 0 spiro atoms. The van der Waals surface area contributed by atoms with E-state index in [0.717, 1.165) is 18.0 Å². The van der Waals surface area contributed by atoms with Gasteiger partial charge in [-0.3, -0.25) is 9.59 Å². The van der Waals surface area contributed by atoms with Gasteiger partial charge >= 0.3 is 12.1 Å². The molecule has 15 nitrogen and oxygen atoms in total. The van der Waals surface area contributed by atoms with Crippen molar-refractivity contribution in [2.75, 3.05) is 27.2 Å². The van der Waals surface area contributed by atoms with Crippen LogP contribution in [0.1, 0.15) is 101 Å². The fraction of sp³-hybridized carbons (Fsp3) is 0.767. The van der Waals surface area contributed by atoms with E-state index >= 15 is 4.39 Å². The average Bonchev–Trinajstić information content (AvgIpc) is 3.73. The first-order valence-corrected chi connectivity index (χ1v) is 21.1. The summed E-state index contributed by atoms with van der Waals surface area (Å²) in [7, 11) is 3.29. The zero-order chi connectivity index (χ0) is 43.8. The first-order valence-electron chi connectivity index (χ1n) is 21.1. The van der Waals surface area contributed by atoms with E-state index < -0.39 is 82.6 Å². The summed E-state index contributed by atoms with van der Waals surface area (Å²) in [5.41, 5.74) is -4.72. The number of ketones is 2. The Balaban J connectivity index is 1.50. The standard InChI is InChI=1S/C43H66FN5O10/c1-13-32-42(9)34(48(39(54)59-42)21-17-18-22-49-45-29-19-15-16-20-30(29)46-49)27(5)33(50)25(3)24-40(7,55-12)37(28(6)35(51)41(8,44)38(53)56-32)58-43(10)36(52)31(47(11)14-2)23-26(4)57-43/h15-16,19-20,25-28,31-32,34,36-37,52H,13-14,17-18,21-24H2,1-12H3/t25-,26-,27+,28+,31+,32-,34-,36-,37-,40-,41+,42-,43+/m1/s1. The number of aliphatic hydroxyl groups excluding tert-OH is 1. The zero-order valence-electron chi connectivity index (χ0n) is 36.9. The first kappa shape index (κ1) is 46.5. The van der Waals surface area contributed by atoms with E-state index in [0.29, 0.717) is 32.4 Å². The number of rotatable bonds is 11. The molecular weight excluding hydrogens is 765 g/mol. The molecule has 3 aliphatic heterocycles. The van der Waals surface area contributed by atoms with Crippen LogP contribution in [0.3, 0.4) is 0 Å². The van der Waals surface area contributed by atoms with E-state index in [1.807, 2.05) is 50.1 Å². The van der Waals surface area contributed by atoms with E-state index in [2.05, 4.69) is 10.2 Å². The molecule has 59 heavy (non-hydrogen) atoms. The minimum absolute atomic E-state index is 0.0108. The average molecular weight is 832 g/mol. The minimum Gasteiger partial charge on any atom is -0.455 e. The third kappa shape index (κ3) is 8.93. The molecule has 3 saturated heterocycles. The number of unbranched alkanes of at least 4 members (excludes halogenated alkanes) is 1. The van der Waals surface area contributed by atoms with Gasteiger partial charge in [-0.15, -0.1) is 0 Å². The highest BCUT2D eigenvalue weighted by molar-refractivity contribution is 6.08. The fourth-order valence-electron chi connectivity index (χ4n) is 9.76. The van der Waals surface area contributed by atoms with Crippen molar-refractivity contribution in [1.82, 2.24) is 24.8 Å². The number of alkyl halides is 1. The topological polar surface area (TPSA) is 172 Å². The summed E-state index contributed by atoms with van der Waals surface area (Å²) in [5.74, 6) is -7.54. The van der Waals surface area contributed by atoms with E-state index in [-0.39, 0.29) is 37.3 Å². The van der Waals surface area contributed by atoms with Crippen LogP contribution in [-0.2, 0) is 44.6 Å². The summed E-state index contributed by atoms with van der Waals surface area (Å²) in [6, 6.07) is 6.23. The summed E-state index contributed by atoms with van der Waals surface area (Å²) < 4.78 is 48.1. The molecule has 0 unspecified atom stereocenters. The third-order valence-electron chi connectivity index (χ3n) is 13.3. The number of amides is 1. The molecule has 1 amide bonds. The van der Waals surface area contributed by atoms with Crippen LogP contribution in [0.5, 0.6) is 0 Å². The number of nitrogens with zero attached hydrogens (tertiary/aromatic N) is 5. The highest BCUT2D eigenvalue weighted by Gasteiger charge is 2.62. The van der Waals surface area contributed by atoms with Gasteiger partial charge in [-0.2, -0.15) is 15.0 Å². The van der Waals surface area contributed by atoms with E-state index in [9.17, 15) is 24.3 Å². The van der Waals surface area contributed by atoms with Crippen LogP contribution in [0.15, 0.2) is 24.3 Å². The van der Waals surface area contributed by atoms with Crippen molar-refractivity contribution < 1.29 is 52.4 Å². The van der Waals surface area contributed by atoms with Crippen LogP contribution in [0.2, 0.25) is 0 Å². The van der Waals surface area contributed by atoms with Crippen LogP contribution in [-0.4, -0.2) is 140 Å². The molecule has 1 aromatic heterocycles. The number of cyclic esters (lactones) is 1. The van der Waals surface area contributed by atoms with Crippen molar-refractivity contribution in [3.8, 4) is 0 Å². The largest absolute Gasteiger partial charge is 0.455 e. The lowest BCUT2D eigenvalue weighted by Crippen LogP contribution is -2.65. The number of carbonyl (C=O) groups excluding carboxylic acids is 4.